The minimum atomic E-state index is -3.04. The molecule has 0 amide bonds. The Hall–Kier alpha value is -1.21. The maximum atomic E-state index is 11.6. The third kappa shape index (κ3) is 2.97. The Kier molecular flexibility index (Phi) is 3.54. The summed E-state index contributed by atoms with van der Waals surface area (Å²) in [5, 5.41) is 3.05. The van der Waals surface area contributed by atoms with E-state index in [4.69, 9.17) is 4.74 Å². The molecule has 1 fully saturated rings. The van der Waals surface area contributed by atoms with E-state index >= 15 is 0 Å². The molecule has 18 heavy (non-hydrogen) atoms. The smallest absolute Gasteiger partial charge is 0.223 e. The summed E-state index contributed by atoms with van der Waals surface area (Å²) in [5.41, 5.74) is 1.69. The number of aryl methyl sites for hydroxylation is 2. The Balaban J connectivity index is 2.18. The number of nitrogens with zero attached hydrogens (tertiary/aromatic N) is 2. The minimum absolute atomic E-state index is 0.0476. The molecule has 0 unspecified atom stereocenters. The Morgan fingerprint density at radius 2 is 1.89 bits per heavy atom. The van der Waals surface area contributed by atoms with Crippen molar-refractivity contribution in [1.29, 1.82) is 0 Å². The second-order valence-corrected chi connectivity index (χ2v) is 6.73. The predicted octanol–water partition coefficient (Wildman–Crippen LogP) is 0.317. The molecule has 1 aromatic heterocycles. The van der Waals surface area contributed by atoms with Crippen LogP contribution in [0.25, 0.3) is 0 Å². The first-order valence-corrected chi connectivity index (χ1v) is 7.54. The van der Waals surface area contributed by atoms with Gasteiger partial charge in [-0.2, -0.15) is 0 Å². The average Bonchev–Trinajstić information content (AvgIpc) is 2.51. The molecule has 2 heterocycles. The van der Waals surface area contributed by atoms with E-state index in [1.54, 1.807) is 0 Å². The van der Waals surface area contributed by atoms with Crippen molar-refractivity contribution in [2.24, 2.45) is 0 Å². The molecule has 1 N–H and O–H groups in total. The first kappa shape index (κ1) is 13.2. The van der Waals surface area contributed by atoms with Gasteiger partial charge in [0.1, 0.15) is 0 Å². The summed E-state index contributed by atoms with van der Waals surface area (Å²) in [6.07, 6.45) is -0.348. The highest BCUT2D eigenvalue weighted by Gasteiger charge is 2.38. The number of rotatable bonds is 3. The largest absolute Gasteiger partial charge is 0.378 e. The molecular weight excluding hydrogens is 254 g/mol. The fourth-order valence-corrected chi connectivity index (χ4v) is 3.99. The number of ether oxygens (including phenoxy) is 1. The van der Waals surface area contributed by atoms with Crippen LogP contribution in [0.4, 0.5) is 5.95 Å². The molecule has 2 rings (SSSR count). The highest BCUT2D eigenvalue weighted by molar-refractivity contribution is 7.91. The summed E-state index contributed by atoms with van der Waals surface area (Å²) in [4.78, 5) is 8.48. The summed E-state index contributed by atoms with van der Waals surface area (Å²) in [6.45, 7) is 3.75. The Bertz CT molecular complexity index is 524. The van der Waals surface area contributed by atoms with E-state index in [1.807, 2.05) is 19.9 Å². The van der Waals surface area contributed by atoms with Gasteiger partial charge < -0.3 is 10.1 Å². The van der Waals surface area contributed by atoms with E-state index in [2.05, 4.69) is 15.3 Å². The van der Waals surface area contributed by atoms with Crippen LogP contribution in [0.5, 0.6) is 0 Å². The zero-order valence-electron chi connectivity index (χ0n) is 10.7. The lowest BCUT2D eigenvalue weighted by Crippen LogP contribution is -2.34. The molecule has 7 heteroatoms. The van der Waals surface area contributed by atoms with E-state index in [-0.39, 0.29) is 23.7 Å². The molecule has 1 saturated heterocycles. The Morgan fingerprint density at radius 3 is 2.44 bits per heavy atom. The molecule has 1 aliphatic heterocycles. The predicted molar refractivity (Wildman–Crippen MR) is 68.4 cm³/mol. The summed E-state index contributed by atoms with van der Waals surface area (Å²) in [7, 11) is -1.52. The highest BCUT2D eigenvalue weighted by atomic mass is 32.2. The second-order valence-electron chi connectivity index (χ2n) is 4.58. The molecule has 0 aliphatic carbocycles. The fraction of sp³-hybridized carbons (Fsp3) is 0.636. The zero-order chi connectivity index (χ0) is 13.3. The molecule has 6 nitrogen and oxygen atoms in total. The first-order chi connectivity index (χ1) is 8.39. The van der Waals surface area contributed by atoms with Gasteiger partial charge in [-0.05, 0) is 19.9 Å². The molecule has 0 radical (unpaired) electrons. The Labute approximate surface area is 107 Å². The summed E-state index contributed by atoms with van der Waals surface area (Å²) in [5.74, 6) is 0.560. The van der Waals surface area contributed by atoms with Crippen molar-refractivity contribution in [2.45, 2.75) is 26.0 Å². The van der Waals surface area contributed by atoms with Crippen molar-refractivity contribution in [2.75, 3.05) is 23.9 Å². The van der Waals surface area contributed by atoms with Crippen LogP contribution >= 0.6 is 0 Å². The van der Waals surface area contributed by atoms with Gasteiger partial charge in [-0.3, -0.25) is 0 Å². The standard InChI is InChI=1S/C11H17N3O3S/c1-7-4-8(2)13-11(12-7)14-9-5-18(15,16)6-10(9)17-3/h4,9-10H,5-6H2,1-3H3,(H,12,13,14)/t9-,10-/m1/s1. The number of aromatic nitrogens is 2. The van der Waals surface area contributed by atoms with Crippen LogP contribution in [0.15, 0.2) is 6.07 Å². The van der Waals surface area contributed by atoms with Crippen LogP contribution in [-0.2, 0) is 14.6 Å². The molecule has 1 aromatic rings. The highest BCUT2D eigenvalue weighted by Crippen LogP contribution is 2.18. The third-order valence-electron chi connectivity index (χ3n) is 2.90. The normalized spacial score (nSPS) is 26.2. The van der Waals surface area contributed by atoms with Gasteiger partial charge in [-0.25, -0.2) is 18.4 Å². The average molecular weight is 271 g/mol. The third-order valence-corrected chi connectivity index (χ3v) is 4.60. The van der Waals surface area contributed by atoms with Crippen molar-refractivity contribution in [1.82, 2.24) is 9.97 Å². The summed E-state index contributed by atoms with van der Waals surface area (Å²) < 4.78 is 28.3. The minimum Gasteiger partial charge on any atom is -0.378 e. The van der Waals surface area contributed by atoms with Crippen molar-refractivity contribution >= 4 is 15.8 Å². The van der Waals surface area contributed by atoms with Crippen LogP contribution in [0.3, 0.4) is 0 Å². The van der Waals surface area contributed by atoms with E-state index in [0.717, 1.165) is 11.4 Å². The molecule has 2 atom stereocenters. The number of nitrogens with one attached hydrogen (secondary N) is 1. The quantitative estimate of drug-likeness (QED) is 0.852. The monoisotopic (exact) mass is 271 g/mol. The van der Waals surface area contributed by atoms with Gasteiger partial charge in [0.05, 0.1) is 23.7 Å². The van der Waals surface area contributed by atoms with Gasteiger partial charge in [0, 0.05) is 18.5 Å². The van der Waals surface area contributed by atoms with E-state index in [1.165, 1.54) is 7.11 Å². The van der Waals surface area contributed by atoms with Gasteiger partial charge in [0.2, 0.25) is 5.95 Å². The summed E-state index contributed by atoms with van der Waals surface area (Å²) in [6, 6.07) is 1.57. The zero-order valence-corrected chi connectivity index (χ0v) is 11.5. The lowest BCUT2D eigenvalue weighted by molar-refractivity contribution is 0.115. The molecule has 0 spiro atoms. The Morgan fingerprint density at radius 1 is 1.28 bits per heavy atom. The maximum Gasteiger partial charge on any atom is 0.223 e. The molecule has 0 bridgehead atoms. The summed E-state index contributed by atoms with van der Waals surface area (Å²) >= 11 is 0. The number of anilines is 1. The number of sulfone groups is 1. The van der Waals surface area contributed by atoms with Crippen LogP contribution in [0, 0.1) is 13.8 Å². The first-order valence-electron chi connectivity index (χ1n) is 5.71. The lowest BCUT2D eigenvalue weighted by Gasteiger charge is -2.18. The van der Waals surface area contributed by atoms with Gasteiger partial charge in [-0.1, -0.05) is 0 Å². The van der Waals surface area contributed by atoms with Gasteiger partial charge in [0.15, 0.2) is 9.84 Å². The van der Waals surface area contributed by atoms with E-state index in [9.17, 15) is 8.42 Å². The number of methoxy groups -OCH3 is 1. The molecule has 100 valence electrons. The van der Waals surface area contributed by atoms with Gasteiger partial charge in [-0.15, -0.1) is 0 Å². The van der Waals surface area contributed by atoms with Crippen molar-refractivity contribution in [3.05, 3.63) is 17.5 Å². The van der Waals surface area contributed by atoms with Crippen LogP contribution < -0.4 is 5.32 Å². The van der Waals surface area contributed by atoms with E-state index < -0.39 is 9.84 Å². The molecule has 0 saturated carbocycles. The number of hydrogen-bond donors (Lipinski definition) is 1. The maximum absolute atomic E-state index is 11.6. The fourth-order valence-electron chi connectivity index (χ4n) is 2.14. The van der Waals surface area contributed by atoms with Crippen molar-refractivity contribution in [3.63, 3.8) is 0 Å². The van der Waals surface area contributed by atoms with Crippen LogP contribution in [0.1, 0.15) is 11.4 Å². The molecular formula is C11H17N3O3S. The van der Waals surface area contributed by atoms with E-state index in [0.29, 0.717) is 5.95 Å². The van der Waals surface area contributed by atoms with Crippen molar-refractivity contribution in [3.8, 4) is 0 Å². The van der Waals surface area contributed by atoms with Crippen LogP contribution in [-0.4, -0.2) is 49.1 Å². The SMILES string of the molecule is CO[C@@H]1CS(=O)(=O)C[C@H]1Nc1nc(C)cc(C)n1. The van der Waals surface area contributed by atoms with Crippen LogP contribution in [0.2, 0.25) is 0 Å². The second kappa shape index (κ2) is 4.81. The van der Waals surface area contributed by atoms with Gasteiger partial charge in [0.25, 0.3) is 0 Å². The molecule has 0 aromatic carbocycles. The van der Waals surface area contributed by atoms with Gasteiger partial charge >= 0.3 is 0 Å². The topological polar surface area (TPSA) is 81.2 Å². The molecule has 1 aliphatic rings. The van der Waals surface area contributed by atoms with Crippen molar-refractivity contribution < 1.29 is 13.2 Å². The lowest BCUT2D eigenvalue weighted by atomic mass is 10.2. The number of hydrogen-bond acceptors (Lipinski definition) is 6.